The Labute approximate surface area is 114 Å². The Kier molecular flexibility index (Phi) is 4.28. The summed E-state index contributed by atoms with van der Waals surface area (Å²) in [5.41, 5.74) is 0.756. The van der Waals surface area contributed by atoms with Crippen molar-refractivity contribution in [2.24, 2.45) is 0 Å². The maximum atomic E-state index is 9.32. The number of benzene rings is 1. The lowest BCUT2D eigenvalue weighted by Crippen LogP contribution is -2.40. The van der Waals surface area contributed by atoms with Crippen molar-refractivity contribution in [3.05, 3.63) is 23.8 Å². The van der Waals surface area contributed by atoms with Crippen LogP contribution in [0.4, 0.5) is 0 Å². The molecule has 1 saturated carbocycles. The van der Waals surface area contributed by atoms with E-state index in [0.29, 0.717) is 6.54 Å². The number of nitriles is 1. The molecule has 0 unspecified atom stereocenters. The minimum atomic E-state index is -0.340. The molecule has 2 rings (SSSR count). The minimum Gasteiger partial charge on any atom is -0.493 e. The molecule has 0 heterocycles. The average molecular weight is 260 g/mol. The Morgan fingerprint density at radius 1 is 1.21 bits per heavy atom. The number of methoxy groups -OCH3 is 2. The van der Waals surface area contributed by atoms with Crippen molar-refractivity contribution >= 4 is 0 Å². The molecule has 1 aliphatic carbocycles. The SMILES string of the molecule is COc1ccc(CNC2(C#N)CCCC2)cc1OC. The summed E-state index contributed by atoms with van der Waals surface area (Å²) in [6, 6.07) is 8.27. The monoisotopic (exact) mass is 260 g/mol. The Balaban J connectivity index is 2.05. The second-order valence-corrected chi connectivity index (χ2v) is 4.94. The Morgan fingerprint density at radius 3 is 2.47 bits per heavy atom. The minimum absolute atomic E-state index is 0.340. The van der Waals surface area contributed by atoms with Crippen LogP contribution >= 0.6 is 0 Å². The molecule has 1 fully saturated rings. The van der Waals surface area contributed by atoms with Crippen LogP contribution in [-0.4, -0.2) is 19.8 Å². The van der Waals surface area contributed by atoms with E-state index in [4.69, 9.17) is 9.47 Å². The van der Waals surface area contributed by atoms with Gasteiger partial charge in [0.25, 0.3) is 0 Å². The van der Waals surface area contributed by atoms with E-state index in [0.717, 1.165) is 42.7 Å². The first-order valence-corrected chi connectivity index (χ1v) is 6.60. The summed E-state index contributed by atoms with van der Waals surface area (Å²) in [7, 11) is 3.25. The van der Waals surface area contributed by atoms with E-state index >= 15 is 0 Å². The second-order valence-electron chi connectivity index (χ2n) is 4.94. The summed E-state index contributed by atoms with van der Waals surface area (Å²) in [5.74, 6) is 1.45. The van der Waals surface area contributed by atoms with Crippen LogP contribution < -0.4 is 14.8 Å². The summed E-state index contributed by atoms with van der Waals surface area (Å²) in [4.78, 5) is 0. The van der Waals surface area contributed by atoms with Crippen LogP contribution in [0, 0.1) is 11.3 Å². The first-order chi connectivity index (χ1) is 9.23. The van der Waals surface area contributed by atoms with E-state index in [1.54, 1.807) is 14.2 Å². The normalized spacial score (nSPS) is 16.9. The summed E-state index contributed by atoms with van der Waals surface area (Å²) in [6.45, 7) is 0.675. The first-order valence-electron chi connectivity index (χ1n) is 6.60. The van der Waals surface area contributed by atoms with E-state index < -0.39 is 0 Å². The lowest BCUT2D eigenvalue weighted by Gasteiger charge is -2.22. The van der Waals surface area contributed by atoms with Gasteiger partial charge in [0.15, 0.2) is 11.5 Å². The molecule has 0 atom stereocenters. The van der Waals surface area contributed by atoms with Gasteiger partial charge < -0.3 is 9.47 Å². The molecule has 4 heteroatoms. The van der Waals surface area contributed by atoms with Crippen molar-refractivity contribution in [1.82, 2.24) is 5.32 Å². The highest BCUT2D eigenvalue weighted by atomic mass is 16.5. The highest BCUT2D eigenvalue weighted by Crippen LogP contribution is 2.31. The van der Waals surface area contributed by atoms with E-state index in [1.807, 2.05) is 18.2 Å². The number of ether oxygens (including phenoxy) is 2. The van der Waals surface area contributed by atoms with Crippen molar-refractivity contribution in [2.75, 3.05) is 14.2 Å². The zero-order chi connectivity index (χ0) is 13.7. The maximum absolute atomic E-state index is 9.32. The van der Waals surface area contributed by atoms with Gasteiger partial charge in [-0.05, 0) is 30.5 Å². The molecule has 0 aliphatic heterocycles. The van der Waals surface area contributed by atoms with Crippen LogP contribution in [-0.2, 0) is 6.54 Å². The van der Waals surface area contributed by atoms with Gasteiger partial charge in [-0.2, -0.15) is 5.26 Å². The third-order valence-electron chi connectivity index (χ3n) is 3.75. The molecule has 1 aromatic carbocycles. The number of hydrogen-bond acceptors (Lipinski definition) is 4. The summed E-state index contributed by atoms with van der Waals surface area (Å²) < 4.78 is 10.5. The molecule has 0 saturated heterocycles. The molecule has 0 amide bonds. The molecule has 0 bridgehead atoms. The van der Waals surface area contributed by atoms with Crippen LogP contribution in [0.5, 0.6) is 11.5 Å². The zero-order valence-corrected chi connectivity index (χ0v) is 11.5. The van der Waals surface area contributed by atoms with Crippen molar-refractivity contribution in [3.8, 4) is 17.6 Å². The highest BCUT2D eigenvalue weighted by molar-refractivity contribution is 5.42. The highest BCUT2D eigenvalue weighted by Gasteiger charge is 2.33. The van der Waals surface area contributed by atoms with E-state index in [9.17, 15) is 5.26 Å². The van der Waals surface area contributed by atoms with Crippen molar-refractivity contribution in [1.29, 1.82) is 5.26 Å². The Morgan fingerprint density at radius 2 is 1.89 bits per heavy atom. The van der Waals surface area contributed by atoms with Crippen LogP contribution in [0.3, 0.4) is 0 Å². The Hall–Kier alpha value is -1.73. The van der Waals surface area contributed by atoms with E-state index in [1.165, 1.54) is 0 Å². The molecular weight excluding hydrogens is 240 g/mol. The van der Waals surface area contributed by atoms with Crippen LogP contribution in [0.1, 0.15) is 31.2 Å². The third kappa shape index (κ3) is 2.99. The lowest BCUT2D eigenvalue weighted by molar-refractivity contribution is 0.354. The van der Waals surface area contributed by atoms with Gasteiger partial charge >= 0.3 is 0 Å². The fourth-order valence-corrected chi connectivity index (χ4v) is 2.57. The van der Waals surface area contributed by atoms with Gasteiger partial charge in [0.1, 0.15) is 5.54 Å². The fraction of sp³-hybridized carbons (Fsp3) is 0.533. The van der Waals surface area contributed by atoms with Gasteiger partial charge in [-0.1, -0.05) is 18.9 Å². The topological polar surface area (TPSA) is 54.3 Å². The molecule has 1 aromatic rings. The maximum Gasteiger partial charge on any atom is 0.161 e. The van der Waals surface area contributed by atoms with Crippen molar-refractivity contribution in [3.63, 3.8) is 0 Å². The van der Waals surface area contributed by atoms with Crippen molar-refractivity contribution in [2.45, 2.75) is 37.8 Å². The van der Waals surface area contributed by atoms with Gasteiger partial charge in [-0.15, -0.1) is 0 Å². The van der Waals surface area contributed by atoms with E-state index in [-0.39, 0.29) is 5.54 Å². The predicted molar refractivity (Wildman–Crippen MR) is 73.2 cm³/mol. The summed E-state index contributed by atoms with van der Waals surface area (Å²) >= 11 is 0. The molecule has 4 nitrogen and oxygen atoms in total. The quantitative estimate of drug-likeness (QED) is 0.884. The number of nitrogens with zero attached hydrogens (tertiary/aromatic N) is 1. The first kappa shape index (κ1) is 13.7. The molecule has 0 aromatic heterocycles. The van der Waals surface area contributed by atoms with E-state index in [2.05, 4.69) is 11.4 Å². The molecule has 0 spiro atoms. The van der Waals surface area contributed by atoms with Gasteiger partial charge in [0.2, 0.25) is 0 Å². The average Bonchev–Trinajstić information content (AvgIpc) is 2.94. The summed E-state index contributed by atoms with van der Waals surface area (Å²) in [6.07, 6.45) is 4.15. The fourth-order valence-electron chi connectivity index (χ4n) is 2.57. The van der Waals surface area contributed by atoms with Crippen molar-refractivity contribution < 1.29 is 9.47 Å². The number of rotatable bonds is 5. The second kappa shape index (κ2) is 5.94. The summed E-state index contributed by atoms with van der Waals surface area (Å²) in [5, 5.41) is 12.7. The number of nitrogens with one attached hydrogen (secondary N) is 1. The zero-order valence-electron chi connectivity index (χ0n) is 11.5. The predicted octanol–water partition coefficient (Wildman–Crippen LogP) is 2.63. The van der Waals surface area contributed by atoms with Gasteiger partial charge in [-0.3, -0.25) is 5.32 Å². The lowest BCUT2D eigenvalue weighted by atomic mass is 9.99. The molecular formula is C15H20N2O2. The smallest absolute Gasteiger partial charge is 0.161 e. The number of hydrogen-bond donors (Lipinski definition) is 1. The third-order valence-corrected chi connectivity index (χ3v) is 3.75. The van der Waals surface area contributed by atoms with Crippen LogP contribution in [0.2, 0.25) is 0 Å². The van der Waals surface area contributed by atoms with Gasteiger partial charge in [0, 0.05) is 6.54 Å². The molecule has 19 heavy (non-hydrogen) atoms. The van der Waals surface area contributed by atoms with Crippen LogP contribution in [0.25, 0.3) is 0 Å². The standard InChI is InChI=1S/C15H20N2O2/c1-18-13-6-5-12(9-14(13)19-2)10-17-15(11-16)7-3-4-8-15/h5-6,9,17H,3-4,7-8,10H2,1-2H3. The molecule has 102 valence electrons. The van der Waals surface area contributed by atoms with Gasteiger partial charge in [-0.25, -0.2) is 0 Å². The molecule has 0 radical (unpaired) electrons. The molecule has 1 N–H and O–H groups in total. The molecule has 1 aliphatic rings. The van der Waals surface area contributed by atoms with Gasteiger partial charge in [0.05, 0.1) is 20.3 Å². The van der Waals surface area contributed by atoms with Crippen LogP contribution in [0.15, 0.2) is 18.2 Å². The largest absolute Gasteiger partial charge is 0.493 e. The Bertz CT molecular complexity index is 474.